The first-order chi connectivity index (χ1) is 14.0. The third-order valence-corrected chi connectivity index (χ3v) is 8.45. The summed E-state index contributed by atoms with van der Waals surface area (Å²) < 4.78 is 0. The number of urea groups is 1. The van der Waals surface area contributed by atoms with E-state index in [0.29, 0.717) is 41.3 Å². The van der Waals surface area contributed by atoms with Crippen molar-refractivity contribution in [1.82, 2.24) is 15.1 Å². The fourth-order valence-electron chi connectivity index (χ4n) is 4.69. The summed E-state index contributed by atoms with van der Waals surface area (Å²) in [5, 5.41) is 4.12. The molecule has 1 N–H and O–H groups in total. The monoisotopic (exact) mass is 455 g/mol. The van der Waals surface area contributed by atoms with E-state index in [9.17, 15) is 9.59 Å². The number of likely N-dealkylation sites (tertiary alicyclic amines) is 1. The van der Waals surface area contributed by atoms with Crippen LogP contribution in [0.25, 0.3) is 0 Å². The van der Waals surface area contributed by atoms with Gasteiger partial charge in [0.2, 0.25) is 0 Å². The second kappa shape index (κ2) is 8.94. The van der Waals surface area contributed by atoms with Crippen molar-refractivity contribution >= 4 is 46.9 Å². The second-order valence-corrected chi connectivity index (χ2v) is 10.4. The van der Waals surface area contributed by atoms with Gasteiger partial charge < -0.3 is 15.1 Å². The Morgan fingerprint density at radius 2 is 1.79 bits per heavy atom. The normalized spacial score (nSPS) is 22.1. The summed E-state index contributed by atoms with van der Waals surface area (Å²) in [7, 11) is 0. The first-order valence-corrected chi connectivity index (χ1v) is 12.2. The maximum absolute atomic E-state index is 13.2. The van der Waals surface area contributed by atoms with Crippen molar-refractivity contribution in [2.24, 2.45) is 0 Å². The van der Waals surface area contributed by atoms with E-state index in [0.717, 1.165) is 31.4 Å². The van der Waals surface area contributed by atoms with Crippen molar-refractivity contribution < 1.29 is 9.59 Å². The number of carbonyl (C=O) groups excluding carboxylic acids is 2. The molecule has 2 saturated heterocycles. The van der Waals surface area contributed by atoms with Crippen molar-refractivity contribution in [2.75, 3.05) is 25.4 Å². The molecule has 158 valence electrons. The highest BCUT2D eigenvalue weighted by Gasteiger charge is 2.47. The average Bonchev–Trinajstić information content (AvgIpc) is 3.11. The maximum Gasteiger partial charge on any atom is 0.317 e. The van der Waals surface area contributed by atoms with Gasteiger partial charge in [-0.25, -0.2) is 4.79 Å². The van der Waals surface area contributed by atoms with Gasteiger partial charge in [0.05, 0.1) is 15.5 Å². The van der Waals surface area contributed by atoms with Gasteiger partial charge in [-0.2, -0.15) is 0 Å². The fraction of sp³-hybridized carbons (Fsp3) is 0.619. The molecule has 4 rings (SSSR count). The van der Waals surface area contributed by atoms with Crippen LogP contribution < -0.4 is 5.32 Å². The molecular weight excluding hydrogens is 429 g/mol. The van der Waals surface area contributed by atoms with Crippen molar-refractivity contribution in [3.63, 3.8) is 0 Å². The van der Waals surface area contributed by atoms with Gasteiger partial charge in [-0.1, -0.05) is 42.5 Å². The number of thioether (sulfide) groups is 1. The van der Waals surface area contributed by atoms with Crippen LogP contribution in [0, 0.1) is 0 Å². The number of nitrogens with one attached hydrogen (secondary N) is 1. The summed E-state index contributed by atoms with van der Waals surface area (Å²) in [6.45, 7) is 2.05. The van der Waals surface area contributed by atoms with E-state index in [-0.39, 0.29) is 16.8 Å². The molecule has 0 bridgehead atoms. The number of carbonyl (C=O) groups is 2. The van der Waals surface area contributed by atoms with Crippen molar-refractivity contribution in [3.8, 4) is 0 Å². The summed E-state index contributed by atoms with van der Waals surface area (Å²) in [5.74, 6) is 0.863. The Morgan fingerprint density at radius 1 is 1.07 bits per heavy atom. The number of halogens is 2. The van der Waals surface area contributed by atoms with E-state index >= 15 is 0 Å². The number of hydrogen-bond donors (Lipinski definition) is 1. The Kier molecular flexibility index (Phi) is 6.52. The highest BCUT2D eigenvalue weighted by atomic mass is 35.5. The zero-order valence-corrected chi connectivity index (χ0v) is 18.8. The van der Waals surface area contributed by atoms with Crippen LogP contribution in [-0.2, 0) is 0 Å². The minimum Gasteiger partial charge on any atom is -0.335 e. The lowest BCUT2D eigenvalue weighted by atomic mass is 9.95. The molecule has 29 heavy (non-hydrogen) atoms. The van der Waals surface area contributed by atoms with Gasteiger partial charge in [0.25, 0.3) is 5.91 Å². The first-order valence-electron chi connectivity index (χ1n) is 10.4. The summed E-state index contributed by atoms with van der Waals surface area (Å²) in [4.78, 5) is 29.5. The SMILES string of the molecule is O=C(NC1CCCCC1)N1CCC2(CC1)SCCN2C(=O)c1ccc(Cl)cc1Cl. The van der Waals surface area contributed by atoms with Crippen LogP contribution >= 0.6 is 35.0 Å². The highest BCUT2D eigenvalue weighted by molar-refractivity contribution is 8.00. The zero-order chi connectivity index (χ0) is 20.4. The lowest BCUT2D eigenvalue weighted by molar-refractivity contribution is 0.0579. The molecule has 2 aliphatic heterocycles. The van der Waals surface area contributed by atoms with E-state index < -0.39 is 0 Å². The lowest BCUT2D eigenvalue weighted by Gasteiger charge is -2.44. The smallest absolute Gasteiger partial charge is 0.317 e. The van der Waals surface area contributed by atoms with Crippen LogP contribution in [0.2, 0.25) is 10.0 Å². The van der Waals surface area contributed by atoms with E-state index in [1.54, 1.807) is 18.2 Å². The molecule has 1 aromatic rings. The molecule has 1 aliphatic carbocycles. The summed E-state index contributed by atoms with van der Waals surface area (Å²) in [5.41, 5.74) is 0.496. The quantitative estimate of drug-likeness (QED) is 0.680. The number of hydrogen-bond acceptors (Lipinski definition) is 3. The Hall–Kier alpha value is -1.11. The predicted octanol–water partition coefficient (Wildman–Crippen LogP) is 5.02. The van der Waals surface area contributed by atoms with E-state index in [2.05, 4.69) is 5.32 Å². The molecule has 0 atom stereocenters. The number of amides is 3. The van der Waals surface area contributed by atoms with Crippen LogP contribution in [0.3, 0.4) is 0 Å². The largest absolute Gasteiger partial charge is 0.335 e. The number of benzene rings is 1. The molecule has 3 aliphatic rings. The molecule has 8 heteroatoms. The van der Waals surface area contributed by atoms with Gasteiger partial charge in [0, 0.05) is 36.5 Å². The second-order valence-electron chi connectivity index (χ2n) is 8.15. The molecule has 0 radical (unpaired) electrons. The Bertz CT molecular complexity index is 777. The third kappa shape index (κ3) is 4.49. The molecule has 1 aromatic carbocycles. The Balaban J connectivity index is 1.40. The molecule has 5 nitrogen and oxygen atoms in total. The topological polar surface area (TPSA) is 52.7 Å². The third-order valence-electron chi connectivity index (χ3n) is 6.35. The van der Waals surface area contributed by atoms with Gasteiger partial charge in [-0.3, -0.25) is 4.79 Å². The number of piperidine rings is 1. The van der Waals surface area contributed by atoms with Crippen molar-refractivity contribution in [2.45, 2.75) is 55.9 Å². The first kappa shape index (κ1) is 21.1. The van der Waals surface area contributed by atoms with E-state index in [1.165, 1.54) is 19.3 Å². The maximum atomic E-state index is 13.2. The molecule has 0 aromatic heterocycles. The summed E-state index contributed by atoms with van der Waals surface area (Å²) in [6, 6.07) is 5.39. The number of rotatable bonds is 2. The Morgan fingerprint density at radius 3 is 2.48 bits per heavy atom. The van der Waals surface area contributed by atoms with Gasteiger partial charge in [-0.15, -0.1) is 11.8 Å². The minimum atomic E-state index is -0.248. The predicted molar refractivity (Wildman–Crippen MR) is 119 cm³/mol. The van der Waals surface area contributed by atoms with Gasteiger partial charge >= 0.3 is 6.03 Å². The van der Waals surface area contributed by atoms with Gasteiger partial charge in [0.1, 0.15) is 0 Å². The zero-order valence-electron chi connectivity index (χ0n) is 16.5. The molecule has 3 fully saturated rings. The average molecular weight is 456 g/mol. The molecule has 3 amide bonds. The molecular formula is C21H27Cl2N3O2S. The van der Waals surface area contributed by atoms with Crippen molar-refractivity contribution in [1.29, 1.82) is 0 Å². The van der Waals surface area contributed by atoms with Crippen LogP contribution in [0.5, 0.6) is 0 Å². The lowest BCUT2D eigenvalue weighted by Crippen LogP contribution is -2.56. The molecule has 2 heterocycles. The van der Waals surface area contributed by atoms with Gasteiger partial charge in [0.15, 0.2) is 0 Å². The van der Waals surface area contributed by atoms with E-state index in [4.69, 9.17) is 23.2 Å². The highest BCUT2D eigenvalue weighted by Crippen LogP contribution is 2.45. The van der Waals surface area contributed by atoms with Crippen LogP contribution in [0.1, 0.15) is 55.3 Å². The van der Waals surface area contributed by atoms with Crippen molar-refractivity contribution in [3.05, 3.63) is 33.8 Å². The summed E-state index contributed by atoms with van der Waals surface area (Å²) in [6.07, 6.45) is 7.42. The summed E-state index contributed by atoms with van der Waals surface area (Å²) >= 11 is 14.1. The fourth-order valence-corrected chi connectivity index (χ4v) is 6.63. The standard InChI is InChI=1S/C21H27Cl2N3O2S/c22-15-6-7-17(18(23)14-15)19(27)26-12-13-29-21(26)8-10-25(11-9-21)20(28)24-16-4-2-1-3-5-16/h6-7,14,16H,1-5,8-13H2,(H,24,28). The molecule has 0 unspecified atom stereocenters. The molecule has 1 spiro atoms. The molecule has 1 saturated carbocycles. The Labute approximate surface area is 186 Å². The van der Waals surface area contributed by atoms with Crippen LogP contribution in [0.15, 0.2) is 18.2 Å². The van der Waals surface area contributed by atoms with Gasteiger partial charge in [-0.05, 0) is 43.9 Å². The van der Waals surface area contributed by atoms with E-state index in [1.807, 2.05) is 21.6 Å². The van der Waals surface area contributed by atoms with Crippen LogP contribution in [-0.4, -0.2) is 58.0 Å². The number of nitrogens with zero attached hydrogens (tertiary/aromatic N) is 2. The van der Waals surface area contributed by atoms with Crippen LogP contribution in [0.4, 0.5) is 4.79 Å². The minimum absolute atomic E-state index is 0.0447.